The molecule has 7 heteroatoms. The van der Waals surface area contributed by atoms with Crippen molar-refractivity contribution in [3.8, 4) is 11.5 Å². The molecule has 0 amide bonds. The Morgan fingerprint density at radius 2 is 1.74 bits per heavy atom. The molecule has 0 fully saturated rings. The maximum Gasteiger partial charge on any atom is 0.336 e. The lowest BCUT2D eigenvalue weighted by Gasteiger charge is -2.31. The Hall–Kier alpha value is -3.19. The summed E-state index contributed by atoms with van der Waals surface area (Å²) < 4.78 is 12.5. The SMILES string of the molecule is CCCn1c2c(c3c(c1=O)OC(=O)/C=C/C(=O)O3)C(NCCc1ccccc1)CCC2. The topological polar surface area (TPSA) is 86.6 Å². The van der Waals surface area contributed by atoms with Crippen molar-refractivity contribution in [2.45, 2.75) is 51.6 Å². The van der Waals surface area contributed by atoms with Gasteiger partial charge in [0.25, 0.3) is 5.56 Å². The number of fused-ring (bicyclic) bond motifs is 3. The molecule has 31 heavy (non-hydrogen) atoms. The van der Waals surface area contributed by atoms with E-state index < -0.39 is 17.5 Å². The third kappa shape index (κ3) is 4.46. The molecule has 0 saturated heterocycles. The van der Waals surface area contributed by atoms with Gasteiger partial charge >= 0.3 is 11.9 Å². The number of carbonyl (C=O) groups excluding carboxylic acids is 2. The smallest absolute Gasteiger partial charge is 0.336 e. The summed E-state index contributed by atoms with van der Waals surface area (Å²) in [5.41, 5.74) is 2.39. The van der Waals surface area contributed by atoms with Crippen molar-refractivity contribution in [1.82, 2.24) is 9.88 Å². The van der Waals surface area contributed by atoms with Crippen LogP contribution < -0.4 is 20.3 Å². The highest BCUT2D eigenvalue weighted by Gasteiger charge is 2.33. The van der Waals surface area contributed by atoms with E-state index in [4.69, 9.17) is 9.47 Å². The number of hydrogen-bond donors (Lipinski definition) is 1. The summed E-state index contributed by atoms with van der Waals surface area (Å²) in [5, 5.41) is 3.56. The second-order valence-corrected chi connectivity index (χ2v) is 7.79. The molecule has 2 heterocycles. The molecule has 2 aliphatic rings. The van der Waals surface area contributed by atoms with Gasteiger partial charge in [0.15, 0.2) is 5.75 Å². The molecule has 0 radical (unpaired) electrons. The number of aromatic nitrogens is 1. The van der Waals surface area contributed by atoms with Crippen LogP contribution in [0, 0.1) is 0 Å². The van der Waals surface area contributed by atoms with E-state index in [9.17, 15) is 14.4 Å². The van der Waals surface area contributed by atoms with Crippen LogP contribution in [-0.2, 0) is 29.0 Å². The highest BCUT2D eigenvalue weighted by Crippen LogP contribution is 2.41. The number of esters is 2. The molecule has 0 saturated carbocycles. The third-order valence-electron chi connectivity index (χ3n) is 5.64. The van der Waals surface area contributed by atoms with E-state index in [1.807, 2.05) is 25.1 Å². The summed E-state index contributed by atoms with van der Waals surface area (Å²) in [6.07, 6.45) is 6.05. The van der Waals surface area contributed by atoms with Gasteiger partial charge in [0.05, 0.1) is 0 Å². The van der Waals surface area contributed by atoms with Gasteiger partial charge in [-0.2, -0.15) is 0 Å². The maximum absolute atomic E-state index is 13.1. The number of nitrogens with one attached hydrogen (secondary N) is 1. The van der Waals surface area contributed by atoms with Gasteiger partial charge < -0.3 is 19.4 Å². The van der Waals surface area contributed by atoms with E-state index in [1.165, 1.54) is 5.56 Å². The first-order chi connectivity index (χ1) is 15.1. The molecule has 0 bridgehead atoms. The van der Waals surface area contributed by atoms with Crippen molar-refractivity contribution < 1.29 is 19.1 Å². The van der Waals surface area contributed by atoms with Crippen LogP contribution in [-0.4, -0.2) is 23.1 Å². The zero-order valence-electron chi connectivity index (χ0n) is 17.6. The lowest BCUT2D eigenvalue weighted by atomic mass is 9.89. The van der Waals surface area contributed by atoms with Crippen molar-refractivity contribution in [2.75, 3.05) is 6.54 Å². The molecular formula is C24H26N2O5. The zero-order valence-corrected chi connectivity index (χ0v) is 17.6. The second-order valence-electron chi connectivity index (χ2n) is 7.79. The zero-order chi connectivity index (χ0) is 21.8. The minimum Gasteiger partial charge on any atom is -0.419 e. The third-order valence-corrected chi connectivity index (χ3v) is 5.64. The monoisotopic (exact) mass is 422 g/mol. The molecule has 1 aromatic heterocycles. The van der Waals surface area contributed by atoms with Gasteiger partial charge in [-0.1, -0.05) is 37.3 Å². The molecule has 1 aliphatic carbocycles. The number of hydrogen-bond acceptors (Lipinski definition) is 6. The van der Waals surface area contributed by atoms with Crippen LogP contribution in [0.4, 0.5) is 0 Å². The van der Waals surface area contributed by atoms with Gasteiger partial charge in [0.2, 0.25) is 5.75 Å². The minimum atomic E-state index is -0.762. The van der Waals surface area contributed by atoms with Crippen LogP contribution in [0.3, 0.4) is 0 Å². The van der Waals surface area contributed by atoms with Crippen LogP contribution in [0.25, 0.3) is 0 Å². The van der Waals surface area contributed by atoms with E-state index in [-0.39, 0.29) is 17.5 Å². The van der Waals surface area contributed by atoms with Crippen LogP contribution in [0.15, 0.2) is 47.3 Å². The van der Waals surface area contributed by atoms with Crippen LogP contribution in [0.1, 0.15) is 49.0 Å². The molecule has 1 unspecified atom stereocenters. The van der Waals surface area contributed by atoms with Crippen LogP contribution in [0.5, 0.6) is 11.5 Å². The first-order valence-corrected chi connectivity index (χ1v) is 10.8. The lowest BCUT2D eigenvalue weighted by Crippen LogP contribution is -2.35. The van der Waals surface area contributed by atoms with Crippen molar-refractivity contribution in [3.63, 3.8) is 0 Å². The number of ether oxygens (including phenoxy) is 2. The Morgan fingerprint density at radius 1 is 1.03 bits per heavy atom. The largest absolute Gasteiger partial charge is 0.419 e. The summed E-state index contributed by atoms with van der Waals surface area (Å²) in [6, 6.07) is 10.1. The average molecular weight is 422 g/mol. The number of carbonyl (C=O) groups is 2. The first kappa shape index (κ1) is 21.1. The van der Waals surface area contributed by atoms with E-state index in [0.717, 1.165) is 55.6 Å². The van der Waals surface area contributed by atoms with Crippen molar-refractivity contribution >= 4 is 11.9 Å². The van der Waals surface area contributed by atoms with E-state index >= 15 is 0 Å². The fourth-order valence-electron chi connectivity index (χ4n) is 4.28. The Labute approximate surface area is 180 Å². The summed E-state index contributed by atoms with van der Waals surface area (Å²) in [7, 11) is 0. The fraction of sp³-hybridized carbons (Fsp3) is 0.375. The Bertz CT molecular complexity index is 1070. The summed E-state index contributed by atoms with van der Waals surface area (Å²) in [4.78, 5) is 37.4. The molecule has 2 aromatic rings. The average Bonchev–Trinajstić information content (AvgIpc) is 2.77. The number of rotatable bonds is 6. The number of benzene rings is 1. The fourth-order valence-corrected chi connectivity index (χ4v) is 4.28. The van der Waals surface area contributed by atoms with E-state index in [1.54, 1.807) is 4.57 Å². The molecule has 1 N–H and O–H groups in total. The van der Waals surface area contributed by atoms with Crippen molar-refractivity contribution in [3.05, 3.63) is 69.7 Å². The summed E-state index contributed by atoms with van der Waals surface area (Å²) in [6.45, 7) is 3.22. The molecule has 1 aliphatic heterocycles. The van der Waals surface area contributed by atoms with Gasteiger partial charge in [-0.15, -0.1) is 0 Å². The molecular weight excluding hydrogens is 396 g/mol. The highest BCUT2D eigenvalue weighted by atomic mass is 16.6. The molecule has 4 rings (SSSR count). The Balaban J connectivity index is 1.74. The highest BCUT2D eigenvalue weighted by molar-refractivity contribution is 5.95. The van der Waals surface area contributed by atoms with Crippen molar-refractivity contribution in [2.24, 2.45) is 0 Å². The van der Waals surface area contributed by atoms with Crippen LogP contribution >= 0.6 is 0 Å². The van der Waals surface area contributed by atoms with E-state index in [2.05, 4.69) is 17.4 Å². The summed E-state index contributed by atoms with van der Waals surface area (Å²) >= 11 is 0. The molecule has 0 spiro atoms. The predicted octanol–water partition coefficient (Wildman–Crippen LogP) is 2.85. The normalized spacial score (nSPS) is 18.8. The maximum atomic E-state index is 13.1. The number of pyridine rings is 1. The van der Waals surface area contributed by atoms with E-state index in [0.29, 0.717) is 13.0 Å². The standard InChI is InChI=1S/C24H26N2O5/c1-2-15-26-18-10-6-9-17(25-14-13-16-7-4-3-5-8-16)21(18)22-23(24(26)29)31-20(28)12-11-19(27)30-22/h3-5,7-8,11-12,17,25H,2,6,9-10,13-15H2,1H3/b12-11+. The summed E-state index contributed by atoms with van der Waals surface area (Å²) in [5.74, 6) is -1.58. The molecule has 1 atom stereocenters. The Kier molecular flexibility index (Phi) is 6.32. The number of nitrogens with zero attached hydrogens (tertiary/aromatic N) is 1. The van der Waals surface area contributed by atoms with Gasteiger partial charge in [0.1, 0.15) is 0 Å². The first-order valence-electron chi connectivity index (χ1n) is 10.8. The second kappa shape index (κ2) is 9.31. The van der Waals surface area contributed by atoms with Crippen molar-refractivity contribution in [1.29, 1.82) is 0 Å². The Morgan fingerprint density at radius 3 is 2.45 bits per heavy atom. The molecule has 7 nitrogen and oxygen atoms in total. The molecule has 1 aromatic carbocycles. The quantitative estimate of drug-likeness (QED) is 0.721. The van der Waals surface area contributed by atoms with Gasteiger partial charge in [0, 0.05) is 36.0 Å². The lowest BCUT2D eigenvalue weighted by molar-refractivity contribution is -0.133. The van der Waals surface area contributed by atoms with Gasteiger partial charge in [-0.3, -0.25) is 4.79 Å². The van der Waals surface area contributed by atoms with Crippen LogP contribution in [0.2, 0.25) is 0 Å². The van der Waals surface area contributed by atoms with Gasteiger partial charge in [-0.05, 0) is 44.2 Å². The molecule has 162 valence electrons. The predicted molar refractivity (Wildman–Crippen MR) is 115 cm³/mol. The minimum absolute atomic E-state index is 0.0759. The van der Waals surface area contributed by atoms with Gasteiger partial charge in [-0.25, -0.2) is 9.59 Å².